The molecule has 1 aliphatic carbocycles. The maximum atomic E-state index is 14.7. The number of carboxylic acid groups (broad SMARTS) is 1. The van der Waals surface area contributed by atoms with Crippen LogP contribution < -0.4 is 10.6 Å². The van der Waals surface area contributed by atoms with Crippen LogP contribution in [-0.2, 0) is 4.79 Å². The first-order valence-electron chi connectivity index (χ1n) is 10.9. The van der Waals surface area contributed by atoms with Crippen LogP contribution in [0.15, 0.2) is 36.4 Å². The molecule has 1 saturated carbocycles. The fraction of sp³-hybridized carbons (Fsp3) is 0.435. The highest BCUT2D eigenvalue weighted by Crippen LogP contribution is 2.42. The zero-order valence-electron chi connectivity index (χ0n) is 18.3. The third kappa shape index (κ3) is 5.51. The van der Waals surface area contributed by atoms with Crippen LogP contribution in [0.3, 0.4) is 0 Å². The van der Waals surface area contributed by atoms with Gasteiger partial charge >= 0.3 is 13.1 Å². The van der Waals surface area contributed by atoms with Gasteiger partial charge in [0.05, 0.1) is 0 Å². The molecule has 0 unspecified atom stereocenters. The van der Waals surface area contributed by atoms with Crippen molar-refractivity contribution in [2.75, 3.05) is 11.9 Å². The van der Waals surface area contributed by atoms with Gasteiger partial charge in [-0.25, -0.2) is 13.2 Å². The second kappa shape index (κ2) is 10.2. The minimum atomic E-state index is -1.42. The summed E-state index contributed by atoms with van der Waals surface area (Å²) in [5.74, 6) is -3.59. The molecule has 178 valence electrons. The van der Waals surface area contributed by atoms with E-state index >= 15 is 0 Å². The highest BCUT2D eigenvalue weighted by Gasteiger charge is 2.49. The Kier molecular flexibility index (Phi) is 7.71. The van der Waals surface area contributed by atoms with E-state index in [0.29, 0.717) is 37.4 Å². The standard InChI is InChI=1S/C23H28BF3N2O4/c1-29(16-5-7-19(21(27)13-16)18-6-4-15(25)12-20(18)26)17-10-14(11-17)23(28,22(30)31)8-2-3-9-24(32)33/h4-7,12-14,17,32-33H,2-3,8-11,28H2,1H3,(H,30,31)/t14?,17?,23-/m0/s1. The van der Waals surface area contributed by atoms with Gasteiger partial charge in [0, 0.05) is 36.0 Å². The molecule has 0 spiro atoms. The summed E-state index contributed by atoms with van der Waals surface area (Å²) in [6.45, 7) is 0. The number of carbonyl (C=O) groups is 1. The van der Waals surface area contributed by atoms with Crippen molar-refractivity contribution in [1.82, 2.24) is 0 Å². The molecule has 0 amide bonds. The summed E-state index contributed by atoms with van der Waals surface area (Å²) in [6, 6.07) is 7.28. The van der Waals surface area contributed by atoms with Crippen molar-refractivity contribution in [3.8, 4) is 11.1 Å². The Labute approximate surface area is 191 Å². The summed E-state index contributed by atoms with van der Waals surface area (Å²) in [5.41, 5.74) is 5.37. The molecule has 0 aromatic heterocycles. The van der Waals surface area contributed by atoms with Gasteiger partial charge in [-0.2, -0.15) is 0 Å². The van der Waals surface area contributed by atoms with Crippen molar-refractivity contribution in [1.29, 1.82) is 0 Å². The van der Waals surface area contributed by atoms with Gasteiger partial charge in [0.2, 0.25) is 0 Å². The van der Waals surface area contributed by atoms with Crippen LogP contribution in [0.2, 0.25) is 6.32 Å². The van der Waals surface area contributed by atoms with Gasteiger partial charge in [-0.1, -0.05) is 12.8 Å². The third-order valence-corrected chi connectivity index (χ3v) is 6.67. The normalized spacial score (nSPS) is 19.5. The average molecular weight is 464 g/mol. The van der Waals surface area contributed by atoms with Crippen molar-refractivity contribution in [3.05, 3.63) is 53.8 Å². The van der Waals surface area contributed by atoms with Crippen LogP contribution in [0.4, 0.5) is 18.9 Å². The molecule has 0 bridgehead atoms. The molecule has 0 saturated heterocycles. The fourth-order valence-corrected chi connectivity index (χ4v) is 4.42. The van der Waals surface area contributed by atoms with Crippen molar-refractivity contribution in [2.24, 2.45) is 11.7 Å². The van der Waals surface area contributed by atoms with Crippen LogP contribution in [0.5, 0.6) is 0 Å². The number of halogens is 3. The zero-order valence-corrected chi connectivity index (χ0v) is 18.3. The van der Waals surface area contributed by atoms with Crippen molar-refractivity contribution in [3.63, 3.8) is 0 Å². The summed E-state index contributed by atoms with van der Waals surface area (Å²) in [5, 5.41) is 27.6. The highest BCUT2D eigenvalue weighted by atomic mass is 19.1. The Morgan fingerprint density at radius 3 is 2.24 bits per heavy atom. The van der Waals surface area contributed by atoms with E-state index in [1.165, 1.54) is 18.2 Å². The van der Waals surface area contributed by atoms with Crippen molar-refractivity contribution in [2.45, 2.75) is 50.0 Å². The van der Waals surface area contributed by atoms with Crippen LogP contribution in [-0.4, -0.2) is 46.9 Å². The van der Waals surface area contributed by atoms with E-state index in [1.807, 2.05) is 4.90 Å². The summed E-state index contributed by atoms with van der Waals surface area (Å²) in [6.07, 6.45) is 2.33. The highest BCUT2D eigenvalue weighted by molar-refractivity contribution is 6.40. The minimum absolute atomic E-state index is 0.0241. The number of carboxylic acids is 1. The molecule has 1 fully saturated rings. The van der Waals surface area contributed by atoms with Crippen LogP contribution in [0, 0.1) is 23.4 Å². The topological polar surface area (TPSA) is 107 Å². The molecule has 2 aromatic carbocycles. The van der Waals surface area contributed by atoms with Gasteiger partial charge < -0.3 is 25.8 Å². The maximum Gasteiger partial charge on any atom is 0.451 e. The molecule has 3 rings (SSSR count). The molecule has 1 atom stereocenters. The van der Waals surface area contributed by atoms with E-state index in [9.17, 15) is 23.1 Å². The summed E-state index contributed by atoms with van der Waals surface area (Å²) < 4.78 is 41.9. The smallest absolute Gasteiger partial charge is 0.451 e. The lowest BCUT2D eigenvalue weighted by molar-refractivity contribution is -0.147. The van der Waals surface area contributed by atoms with Gasteiger partial charge in [-0.15, -0.1) is 0 Å². The molecule has 10 heteroatoms. The quantitative estimate of drug-likeness (QED) is 0.317. The Balaban J connectivity index is 1.65. The van der Waals surface area contributed by atoms with E-state index < -0.39 is 36.1 Å². The van der Waals surface area contributed by atoms with Crippen LogP contribution >= 0.6 is 0 Å². The molecule has 6 nitrogen and oxygen atoms in total. The van der Waals surface area contributed by atoms with Gasteiger partial charge in [-0.3, -0.25) is 4.79 Å². The summed E-state index contributed by atoms with van der Waals surface area (Å²) >= 11 is 0. The predicted octanol–water partition coefficient (Wildman–Crippen LogP) is 3.41. The third-order valence-electron chi connectivity index (χ3n) is 6.67. The lowest BCUT2D eigenvalue weighted by Crippen LogP contribution is -2.61. The number of rotatable bonds is 10. The fourth-order valence-electron chi connectivity index (χ4n) is 4.42. The number of benzene rings is 2. The predicted molar refractivity (Wildman–Crippen MR) is 120 cm³/mol. The maximum absolute atomic E-state index is 14.7. The molecule has 33 heavy (non-hydrogen) atoms. The Bertz CT molecular complexity index is 1000. The number of nitrogens with two attached hydrogens (primary N) is 1. The first kappa shape index (κ1) is 25.1. The van der Waals surface area contributed by atoms with Gasteiger partial charge in [0.1, 0.15) is 23.0 Å². The first-order valence-corrected chi connectivity index (χ1v) is 10.9. The Hall–Kier alpha value is -2.56. The molecule has 0 radical (unpaired) electrons. The number of unbranched alkanes of at least 4 members (excludes halogenated alkanes) is 1. The van der Waals surface area contributed by atoms with Crippen molar-refractivity contribution < 1.29 is 33.1 Å². The largest absolute Gasteiger partial charge is 0.480 e. The second-order valence-electron chi connectivity index (χ2n) is 8.79. The van der Waals surface area contributed by atoms with Gasteiger partial charge in [0.25, 0.3) is 0 Å². The number of hydrogen-bond donors (Lipinski definition) is 4. The van der Waals surface area contributed by atoms with E-state index in [-0.39, 0.29) is 35.8 Å². The number of hydrogen-bond acceptors (Lipinski definition) is 5. The molecule has 0 aliphatic heterocycles. The van der Waals surface area contributed by atoms with Gasteiger partial charge in [0.15, 0.2) is 0 Å². The van der Waals surface area contributed by atoms with E-state index in [0.717, 1.165) is 6.07 Å². The van der Waals surface area contributed by atoms with E-state index in [2.05, 4.69) is 0 Å². The van der Waals surface area contributed by atoms with E-state index in [4.69, 9.17) is 15.8 Å². The SMILES string of the molecule is CN(c1ccc(-c2ccc(F)cc2F)c(F)c1)C1CC([C@@](N)(CCCCB(O)O)C(=O)O)C1. The minimum Gasteiger partial charge on any atom is -0.480 e. The Morgan fingerprint density at radius 1 is 1.09 bits per heavy atom. The molecule has 0 heterocycles. The van der Waals surface area contributed by atoms with E-state index in [1.54, 1.807) is 13.1 Å². The zero-order chi connectivity index (χ0) is 24.3. The molecular weight excluding hydrogens is 436 g/mol. The molecule has 5 N–H and O–H groups in total. The second-order valence-corrected chi connectivity index (χ2v) is 8.79. The van der Waals surface area contributed by atoms with Gasteiger partial charge in [-0.05, 0) is 61.8 Å². The molecule has 1 aliphatic rings. The number of nitrogens with zero attached hydrogens (tertiary/aromatic N) is 1. The lowest BCUT2D eigenvalue weighted by atomic mass is 9.65. The van der Waals surface area contributed by atoms with Crippen LogP contribution in [0.25, 0.3) is 11.1 Å². The van der Waals surface area contributed by atoms with Crippen LogP contribution in [0.1, 0.15) is 32.1 Å². The average Bonchev–Trinajstić information content (AvgIpc) is 2.70. The summed E-state index contributed by atoms with van der Waals surface area (Å²) in [4.78, 5) is 13.7. The molecular formula is C23H28BF3N2O4. The summed E-state index contributed by atoms with van der Waals surface area (Å²) in [7, 11) is 0.352. The van der Waals surface area contributed by atoms with Crippen molar-refractivity contribution >= 4 is 18.8 Å². The first-order chi connectivity index (χ1) is 15.5. The number of aliphatic carboxylic acids is 1. The number of anilines is 1. The lowest BCUT2D eigenvalue weighted by Gasteiger charge is -2.48. The Morgan fingerprint density at radius 2 is 1.70 bits per heavy atom. The monoisotopic (exact) mass is 464 g/mol. The molecule has 2 aromatic rings.